The third-order valence-corrected chi connectivity index (χ3v) is 3.17. The van der Waals surface area contributed by atoms with E-state index >= 15 is 0 Å². The minimum Gasteiger partial charge on any atom is -0.306 e. The van der Waals surface area contributed by atoms with E-state index in [0.29, 0.717) is 16.0 Å². The van der Waals surface area contributed by atoms with Gasteiger partial charge in [0.2, 0.25) is 5.13 Å². The molecule has 0 saturated carbocycles. The Kier molecular flexibility index (Phi) is 2.15. The van der Waals surface area contributed by atoms with Crippen molar-refractivity contribution >= 4 is 22.2 Å². The number of benzene rings is 1. The largest absolute Gasteiger partial charge is 0.335 e. The van der Waals surface area contributed by atoms with Crippen LogP contribution in [-0.4, -0.2) is 14.5 Å². The standard InChI is InChI=1S/C11H7N3O2S/c15-9-7-3-1-2-4-8(7)13-10(16)14(9)11-12-5-6-17-11/h1-6H,(H,13,16). The van der Waals surface area contributed by atoms with Crippen LogP contribution in [0.15, 0.2) is 45.4 Å². The van der Waals surface area contributed by atoms with Gasteiger partial charge in [-0.3, -0.25) is 4.79 Å². The van der Waals surface area contributed by atoms with Gasteiger partial charge in [-0.05, 0) is 12.1 Å². The van der Waals surface area contributed by atoms with Gasteiger partial charge in [-0.1, -0.05) is 12.1 Å². The molecule has 0 aliphatic carbocycles. The van der Waals surface area contributed by atoms with E-state index in [9.17, 15) is 9.59 Å². The second kappa shape index (κ2) is 3.67. The van der Waals surface area contributed by atoms with E-state index in [2.05, 4.69) is 9.97 Å². The molecule has 3 aromatic rings. The molecule has 0 spiro atoms. The molecule has 84 valence electrons. The lowest BCUT2D eigenvalue weighted by Gasteiger charge is -2.02. The number of nitrogens with one attached hydrogen (secondary N) is 1. The highest BCUT2D eigenvalue weighted by Crippen LogP contribution is 2.08. The molecule has 3 rings (SSSR count). The van der Waals surface area contributed by atoms with Crippen LogP contribution in [0.3, 0.4) is 0 Å². The van der Waals surface area contributed by atoms with E-state index in [1.54, 1.807) is 35.8 Å². The zero-order valence-electron chi connectivity index (χ0n) is 8.58. The first-order valence-electron chi connectivity index (χ1n) is 4.91. The number of H-pyrrole nitrogens is 1. The number of fused-ring (bicyclic) bond motifs is 1. The summed E-state index contributed by atoms with van der Waals surface area (Å²) in [4.78, 5) is 30.6. The average molecular weight is 245 g/mol. The summed E-state index contributed by atoms with van der Waals surface area (Å²) >= 11 is 1.24. The molecule has 0 fully saturated rings. The third-order valence-electron chi connectivity index (χ3n) is 2.42. The van der Waals surface area contributed by atoms with Gasteiger partial charge in [0.25, 0.3) is 5.56 Å². The number of thiazole rings is 1. The zero-order chi connectivity index (χ0) is 11.8. The predicted octanol–water partition coefficient (Wildman–Crippen LogP) is 1.14. The number of para-hydroxylation sites is 1. The van der Waals surface area contributed by atoms with Crippen LogP contribution < -0.4 is 11.2 Å². The van der Waals surface area contributed by atoms with Crippen LogP contribution in [0.1, 0.15) is 0 Å². The third kappa shape index (κ3) is 1.50. The molecule has 17 heavy (non-hydrogen) atoms. The minimum absolute atomic E-state index is 0.348. The van der Waals surface area contributed by atoms with Crippen molar-refractivity contribution in [1.29, 1.82) is 0 Å². The topological polar surface area (TPSA) is 67.8 Å². The summed E-state index contributed by atoms with van der Waals surface area (Å²) in [5, 5.41) is 2.57. The Bertz CT molecular complexity index is 786. The van der Waals surface area contributed by atoms with Crippen molar-refractivity contribution in [1.82, 2.24) is 14.5 Å². The highest BCUT2D eigenvalue weighted by atomic mass is 32.1. The van der Waals surface area contributed by atoms with Gasteiger partial charge in [-0.25, -0.2) is 14.3 Å². The van der Waals surface area contributed by atoms with Gasteiger partial charge in [0.15, 0.2) is 0 Å². The van der Waals surface area contributed by atoms with Gasteiger partial charge < -0.3 is 4.98 Å². The van der Waals surface area contributed by atoms with Crippen molar-refractivity contribution < 1.29 is 0 Å². The number of hydrogen-bond donors (Lipinski definition) is 1. The lowest BCUT2D eigenvalue weighted by molar-refractivity contribution is 0.890. The number of aromatic amines is 1. The molecule has 2 aromatic heterocycles. The molecule has 0 unspecified atom stereocenters. The van der Waals surface area contributed by atoms with Crippen molar-refractivity contribution in [3.05, 3.63) is 56.7 Å². The van der Waals surface area contributed by atoms with Gasteiger partial charge in [0.05, 0.1) is 10.9 Å². The molecule has 0 saturated heterocycles. The van der Waals surface area contributed by atoms with E-state index in [0.717, 1.165) is 4.57 Å². The number of hydrogen-bond acceptors (Lipinski definition) is 4. The fourth-order valence-corrected chi connectivity index (χ4v) is 2.30. The van der Waals surface area contributed by atoms with E-state index < -0.39 is 5.69 Å². The van der Waals surface area contributed by atoms with Crippen molar-refractivity contribution in [3.8, 4) is 5.13 Å². The molecule has 0 aliphatic rings. The summed E-state index contributed by atoms with van der Waals surface area (Å²) < 4.78 is 1.05. The maximum absolute atomic E-state index is 12.2. The van der Waals surface area contributed by atoms with E-state index in [4.69, 9.17) is 0 Å². The summed E-state index contributed by atoms with van der Waals surface area (Å²) in [6, 6.07) is 6.90. The van der Waals surface area contributed by atoms with Crippen molar-refractivity contribution in [2.45, 2.75) is 0 Å². The van der Waals surface area contributed by atoms with Crippen LogP contribution in [-0.2, 0) is 0 Å². The van der Waals surface area contributed by atoms with Gasteiger partial charge in [0, 0.05) is 11.6 Å². The molecule has 0 atom stereocenters. The smallest absolute Gasteiger partial charge is 0.306 e. The quantitative estimate of drug-likeness (QED) is 0.699. The molecule has 0 bridgehead atoms. The monoisotopic (exact) mass is 245 g/mol. The Balaban J connectivity index is 2.49. The van der Waals surface area contributed by atoms with Gasteiger partial charge in [-0.15, -0.1) is 11.3 Å². The van der Waals surface area contributed by atoms with Gasteiger partial charge in [0.1, 0.15) is 0 Å². The first-order chi connectivity index (χ1) is 8.27. The lowest BCUT2D eigenvalue weighted by Crippen LogP contribution is -2.33. The van der Waals surface area contributed by atoms with Gasteiger partial charge >= 0.3 is 5.69 Å². The molecular weight excluding hydrogens is 238 g/mol. The van der Waals surface area contributed by atoms with Crippen LogP contribution in [0.5, 0.6) is 0 Å². The molecule has 2 heterocycles. The van der Waals surface area contributed by atoms with Crippen LogP contribution in [0.4, 0.5) is 0 Å². The molecule has 1 N–H and O–H groups in total. The van der Waals surface area contributed by atoms with Crippen LogP contribution in [0.25, 0.3) is 16.0 Å². The molecule has 1 aromatic carbocycles. The summed E-state index contributed by atoms with van der Waals surface area (Å²) in [7, 11) is 0. The predicted molar refractivity (Wildman–Crippen MR) is 65.8 cm³/mol. The van der Waals surface area contributed by atoms with Crippen molar-refractivity contribution in [2.75, 3.05) is 0 Å². The molecule has 6 heteroatoms. The molecule has 5 nitrogen and oxygen atoms in total. The summed E-state index contributed by atoms with van der Waals surface area (Å²) in [5.74, 6) is 0. The first-order valence-corrected chi connectivity index (χ1v) is 5.79. The maximum atomic E-state index is 12.2. The normalized spacial score (nSPS) is 10.8. The van der Waals surface area contributed by atoms with E-state index in [-0.39, 0.29) is 5.56 Å². The second-order valence-electron chi connectivity index (χ2n) is 3.43. The summed E-state index contributed by atoms with van der Waals surface area (Å²) in [6.07, 6.45) is 1.56. The highest BCUT2D eigenvalue weighted by molar-refractivity contribution is 7.12. The first kappa shape index (κ1) is 9.98. The Morgan fingerprint density at radius 1 is 1.24 bits per heavy atom. The fraction of sp³-hybridized carbons (Fsp3) is 0. The lowest BCUT2D eigenvalue weighted by atomic mass is 10.2. The summed E-state index contributed by atoms with van der Waals surface area (Å²) in [5.41, 5.74) is -0.279. The minimum atomic E-state index is -0.469. The second-order valence-corrected chi connectivity index (χ2v) is 4.30. The SMILES string of the molecule is O=c1[nH]c2ccccc2c(=O)n1-c1nccs1. The van der Waals surface area contributed by atoms with E-state index in [1.165, 1.54) is 11.3 Å². The van der Waals surface area contributed by atoms with Crippen molar-refractivity contribution in [3.63, 3.8) is 0 Å². The van der Waals surface area contributed by atoms with E-state index in [1.807, 2.05) is 0 Å². The fourth-order valence-electron chi connectivity index (χ4n) is 1.66. The Morgan fingerprint density at radius 3 is 2.82 bits per heavy atom. The highest BCUT2D eigenvalue weighted by Gasteiger charge is 2.10. The molecule has 0 radical (unpaired) electrons. The van der Waals surface area contributed by atoms with Crippen LogP contribution >= 0.6 is 11.3 Å². The van der Waals surface area contributed by atoms with Crippen molar-refractivity contribution in [2.24, 2.45) is 0 Å². The average Bonchev–Trinajstić information content (AvgIpc) is 2.83. The zero-order valence-corrected chi connectivity index (χ0v) is 9.40. The Labute approximate surface area is 99.0 Å². The molecule has 0 aliphatic heterocycles. The van der Waals surface area contributed by atoms with Crippen LogP contribution in [0, 0.1) is 0 Å². The molecule has 0 amide bonds. The number of aromatic nitrogens is 3. The number of nitrogens with zero attached hydrogens (tertiary/aromatic N) is 2. The molecular formula is C11H7N3O2S. The summed E-state index contributed by atoms with van der Waals surface area (Å²) in [6.45, 7) is 0. The Hall–Kier alpha value is -2.21. The van der Waals surface area contributed by atoms with Gasteiger partial charge in [-0.2, -0.15) is 0 Å². The maximum Gasteiger partial charge on any atom is 0.335 e. The number of rotatable bonds is 1. The Morgan fingerprint density at radius 2 is 2.06 bits per heavy atom. The van der Waals surface area contributed by atoms with Crippen LogP contribution in [0.2, 0.25) is 0 Å².